The molecule has 4 heteroatoms. The number of benzene rings is 1. The summed E-state index contributed by atoms with van der Waals surface area (Å²) in [4.78, 5) is 2.31. The van der Waals surface area contributed by atoms with E-state index in [2.05, 4.69) is 11.0 Å². The van der Waals surface area contributed by atoms with Crippen LogP contribution in [0.3, 0.4) is 0 Å². The van der Waals surface area contributed by atoms with Gasteiger partial charge in [0, 0.05) is 41.9 Å². The topological polar surface area (TPSA) is 44.1 Å². The summed E-state index contributed by atoms with van der Waals surface area (Å²) in [6.45, 7) is 2.71. The minimum atomic E-state index is -0.609. The molecule has 0 amide bonds. The highest BCUT2D eigenvalue weighted by molar-refractivity contribution is 7.85. The second kappa shape index (κ2) is 5.24. The van der Waals surface area contributed by atoms with Gasteiger partial charge in [-0.25, -0.2) is 0 Å². The molecule has 3 nitrogen and oxygen atoms in total. The Kier molecular flexibility index (Phi) is 3.70. The SMILES string of the molecule is N#Cc1ccc(CN2CCS(=O)CC2)cc1. The zero-order valence-corrected chi connectivity index (χ0v) is 9.87. The Morgan fingerprint density at radius 3 is 2.44 bits per heavy atom. The summed E-state index contributed by atoms with van der Waals surface area (Å²) >= 11 is 0. The molecule has 0 spiro atoms. The zero-order chi connectivity index (χ0) is 11.4. The minimum Gasteiger partial charge on any atom is -0.297 e. The summed E-state index contributed by atoms with van der Waals surface area (Å²) in [7, 11) is -0.609. The monoisotopic (exact) mass is 234 g/mol. The van der Waals surface area contributed by atoms with E-state index in [0.717, 1.165) is 31.1 Å². The van der Waals surface area contributed by atoms with Crippen molar-refractivity contribution in [1.29, 1.82) is 5.26 Å². The summed E-state index contributed by atoms with van der Waals surface area (Å²) in [5, 5.41) is 8.68. The van der Waals surface area contributed by atoms with Gasteiger partial charge in [-0.2, -0.15) is 5.26 Å². The van der Waals surface area contributed by atoms with Gasteiger partial charge in [0.15, 0.2) is 0 Å². The molecule has 0 aliphatic carbocycles. The van der Waals surface area contributed by atoms with E-state index < -0.39 is 10.8 Å². The van der Waals surface area contributed by atoms with E-state index >= 15 is 0 Å². The molecule has 1 aromatic rings. The third kappa shape index (κ3) is 2.91. The predicted octanol–water partition coefficient (Wildman–Crippen LogP) is 1.12. The van der Waals surface area contributed by atoms with E-state index in [9.17, 15) is 4.21 Å². The highest BCUT2D eigenvalue weighted by Crippen LogP contribution is 2.09. The fraction of sp³-hybridized carbons (Fsp3) is 0.417. The van der Waals surface area contributed by atoms with Crippen LogP contribution in [-0.2, 0) is 17.3 Å². The number of hydrogen-bond acceptors (Lipinski definition) is 3. The van der Waals surface area contributed by atoms with Crippen LogP contribution in [0.1, 0.15) is 11.1 Å². The molecule has 2 rings (SSSR count). The first-order valence-corrected chi connectivity index (χ1v) is 6.83. The Morgan fingerprint density at radius 1 is 1.25 bits per heavy atom. The molecule has 0 aromatic heterocycles. The second-order valence-electron chi connectivity index (χ2n) is 3.93. The summed E-state index contributed by atoms with van der Waals surface area (Å²) in [6, 6.07) is 9.78. The van der Waals surface area contributed by atoms with Crippen LogP contribution in [-0.4, -0.2) is 33.7 Å². The zero-order valence-electron chi connectivity index (χ0n) is 9.06. The van der Waals surface area contributed by atoms with E-state index in [1.807, 2.05) is 24.3 Å². The normalized spacial score (nSPS) is 18.2. The molecule has 0 N–H and O–H groups in total. The fourth-order valence-electron chi connectivity index (χ4n) is 1.78. The van der Waals surface area contributed by atoms with Crippen molar-refractivity contribution in [3.8, 4) is 6.07 Å². The molecule has 1 aromatic carbocycles. The molecule has 1 saturated heterocycles. The number of nitriles is 1. The first-order valence-electron chi connectivity index (χ1n) is 5.34. The molecule has 0 bridgehead atoms. The molecule has 0 atom stereocenters. The third-order valence-electron chi connectivity index (χ3n) is 2.76. The van der Waals surface area contributed by atoms with Gasteiger partial charge in [-0.05, 0) is 17.7 Å². The fourth-order valence-corrected chi connectivity index (χ4v) is 2.90. The smallest absolute Gasteiger partial charge is 0.0991 e. The number of hydrogen-bond donors (Lipinski definition) is 0. The summed E-state index contributed by atoms with van der Waals surface area (Å²) in [5.74, 6) is 1.58. The van der Waals surface area contributed by atoms with E-state index in [1.165, 1.54) is 5.56 Å². The van der Waals surface area contributed by atoms with Crippen molar-refractivity contribution in [1.82, 2.24) is 4.90 Å². The maximum absolute atomic E-state index is 11.2. The van der Waals surface area contributed by atoms with Gasteiger partial charge in [-0.3, -0.25) is 9.11 Å². The molecule has 84 valence electrons. The first-order chi connectivity index (χ1) is 7.78. The largest absolute Gasteiger partial charge is 0.297 e. The summed E-state index contributed by atoms with van der Waals surface area (Å²) < 4.78 is 11.2. The van der Waals surface area contributed by atoms with Gasteiger partial charge >= 0.3 is 0 Å². The average molecular weight is 234 g/mol. The Labute approximate surface area is 98.1 Å². The van der Waals surface area contributed by atoms with Gasteiger partial charge in [0.2, 0.25) is 0 Å². The van der Waals surface area contributed by atoms with Gasteiger partial charge in [0.05, 0.1) is 11.6 Å². The van der Waals surface area contributed by atoms with E-state index in [1.54, 1.807) is 0 Å². The average Bonchev–Trinajstić information content (AvgIpc) is 2.33. The lowest BCUT2D eigenvalue weighted by Gasteiger charge is -2.26. The predicted molar refractivity (Wildman–Crippen MR) is 64.3 cm³/mol. The van der Waals surface area contributed by atoms with Crippen molar-refractivity contribution in [3.05, 3.63) is 35.4 Å². The van der Waals surface area contributed by atoms with Crippen LogP contribution in [0.25, 0.3) is 0 Å². The van der Waals surface area contributed by atoms with Gasteiger partial charge in [0.1, 0.15) is 0 Å². The van der Waals surface area contributed by atoms with Crippen LogP contribution in [0.5, 0.6) is 0 Å². The second-order valence-corrected chi connectivity index (χ2v) is 5.63. The van der Waals surface area contributed by atoms with Gasteiger partial charge in [-0.15, -0.1) is 0 Å². The molecule has 0 radical (unpaired) electrons. The van der Waals surface area contributed by atoms with Gasteiger partial charge in [0.25, 0.3) is 0 Å². The maximum Gasteiger partial charge on any atom is 0.0991 e. The van der Waals surface area contributed by atoms with Crippen molar-refractivity contribution in [2.45, 2.75) is 6.54 Å². The van der Waals surface area contributed by atoms with Crippen molar-refractivity contribution >= 4 is 10.8 Å². The van der Waals surface area contributed by atoms with Crippen LogP contribution < -0.4 is 0 Å². The lowest BCUT2D eigenvalue weighted by Crippen LogP contribution is -2.37. The molecular formula is C12H14N2OS. The maximum atomic E-state index is 11.2. The minimum absolute atomic E-state index is 0.609. The van der Waals surface area contributed by atoms with Crippen molar-refractivity contribution in [2.75, 3.05) is 24.6 Å². The van der Waals surface area contributed by atoms with Crippen LogP contribution in [0.2, 0.25) is 0 Å². The van der Waals surface area contributed by atoms with E-state index in [4.69, 9.17) is 5.26 Å². The molecule has 16 heavy (non-hydrogen) atoms. The molecule has 1 aliphatic heterocycles. The van der Waals surface area contributed by atoms with Gasteiger partial charge in [-0.1, -0.05) is 12.1 Å². The summed E-state index contributed by atoms with van der Waals surface area (Å²) in [6.07, 6.45) is 0. The molecule has 0 saturated carbocycles. The highest BCUT2D eigenvalue weighted by Gasteiger charge is 2.14. The van der Waals surface area contributed by atoms with Gasteiger partial charge < -0.3 is 0 Å². The Balaban J connectivity index is 1.94. The van der Waals surface area contributed by atoms with Crippen LogP contribution in [0.4, 0.5) is 0 Å². The van der Waals surface area contributed by atoms with Crippen LogP contribution >= 0.6 is 0 Å². The van der Waals surface area contributed by atoms with Crippen LogP contribution in [0, 0.1) is 11.3 Å². The molecule has 1 fully saturated rings. The molecule has 1 aliphatic rings. The van der Waals surface area contributed by atoms with Crippen molar-refractivity contribution in [2.24, 2.45) is 0 Å². The van der Waals surface area contributed by atoms with E-state index in [0.29, 0.717) is 5.56 Å². The quantitative estimate of drug-likeness (QED) is 0.770. The molecule has 0 unspecified atom stereocenters. The Bertz CT molecular complexity index is 412. The van der Waals surface area contributed by atoms with E-state index in [-0.39, 0.29) is 0 Å². The summed E-state index contributed by atoms with van der Waals surface area (Å²) in [5.41, 5.74) is 1.91. The lowest BCUT2D eigenvalue weighted by atomic mass is 10.1. The van der Waals surface area contributed by atoms with Crippen molar-refractivity contribution in [3.63, 3.8) is 0 Å². The van der Waals surface area contributed by atoms with Crippen LogP contribution in [0.15, 0.2) is 24.3 Å². The number of rotatable bonds is 2. The lowest BCUT2D eigenvalue weighted by molar-refractivity contribution is 0.291. The Hall–Kier alpha value is -1.18. The Morgan fingerprint density at radius 2 is 1.88 bits per heavy atom. The third-order valence-corrected chi connectivity index (χ3v) is 4.04. The highest BCUT2D eigenvalue weighted by atomic mass is 32.2. The molecule has 1 heterocycles. The molecular weight excluding hydrogens is 220 g/mol. The standard InChI is InChI=1S/C12H14N2OS/c13-9-11-1-3-12(4-2-11)10-14-5-7-16(15)8-6-14/h1-4H,5-8,10H2. The number of nitrogens with zero attached hydrogens (tertiary/aromatic N) is 2. The van der Waals surface area contributed by atoms with Crippen molar-refractivity contribution < 1.29 is 4.21 Å². The first kappa shape index (κ1) is 11.3.